The van der Waals surface area contributed by atoms with E-state index < -0.39 is 5.79 Å². The van der Waals surface area contributed by atoms with Gasteiger partial charge in [0.2, 0.25) is 0 Å². The minimum absolute atomic E-state index is 0.327. The molecule has 0 unspecified atom stereocenters. The van der Waals surface area contributed by atoms with Crippen molar-refractivity contribution in [2.75, 3.05) is 11.9 Å². The Morgan fingerprint density at radius 2 is 1.58 bits per heavy atom. The quantitative estimate of drug-likeness (QED) is 0.575. The summed E-state index contributed by atoms with van der Waals surface area (Å²) in [6, 6.07) is 25.9. The topological polar surface area (TPSA) is 68.8 Å². The summed E-state index contributed by atoms with van der Waals surface area (Å²) in [5.41, 5.74) is 1.55. The maximum Gasteiger partial charge on any atom is 0.319 e. The summed E-state index contributed by atoms with van der Waals surface area (Å²) in [6.07, 6.45) is -0.327. The molecule has 4 rings (SSSR count). The Labute approximate surface area is 182 Å². The average Bonchev–Trinajstić information content (AvgIpc) is 2.77. The van der Waals surface area contributed by atoms with Gasteiger partial charge in [-0.3, -0.25) is 0 Å². The Balaban J connectivity index is 1.47. The average molecular weight is 418 g/mol. The van der Waals surface area contributed by atoms with Crippen molar-refractivity contribution in [2.45, 2.75) is 31.8 Å². The second-order valence-corrected chi connectivity index (χ2v) is 7.78. The zero-order valence-corrected chi connectivity index (χ0v) is 17.6. The number of hydrogen-bond acceptors (Lipinski definition) is 4. The van der Waals surface area contributed by atoms with Gasteiger partial charge < -0.3 is 24.8 Å². The predicted molar refractivity (Wildman–Crippen MR) is 119 cm³/mol. The standard InChI is InChI=1S/C25H26N2O4/c1-25(2)29-17-21(23(31-25)18-11-5-3-6-12-18)27-24(28)26-20-15-9-10-16-22(20)30-19-13-7-4-8-14-19/h3-16,21,23H,17H2,1-2H3,(H2,26,27,28)/t21-,23-/m0/s1. The highest BCUT2D eigenvalue weighted by molar-refractivity contribution is 5.91. The molecule has 2 amide bonds. The van der Waals surface area contributed by atoms with Crippen molar-refractivity contribution in [2.24, 2.45) is 0 Å². The van der Waals surface area contributed by atoms with Crippen LogP contribution in [0.1, 0.15) is 25.5 Å². The Kier molecular flexibility index (Phi) is 6.21. The van der Waals surface area contributed by atoms with Gasteiger partial charge in [-0.2, -0.15) is 0 Å². The second-order valence-electron chi connectivity index (χ2n) is 7.78. The van der Waals surface area contributed by atoms with Gasteiger partial charge in [0.25, 0.3) is 0 Å². The molecule has 0 radical (unpaired) electrons. The molecule has 3 aromatic rings. The minimum Gasteiger partial charge on any atom is -0.455 e. The predicted octanol–water partition coefficient (Wildman–Crippen LogP) is 5.49. The SMILES string of the molecule is CC1(C)OC[C@H](NC(=O)Nc2ccccc2Oc2ccccc2)[C@H](c2ccccc2)O1. The van der Waals surface area contributed by atoms with E-state index in [1.165, 1.54) is 0 Å². The largest absolute Gasteiger partial charge is 0.455 e. The number of ether oxygens (including phenoxy) is 3. The summed E-state index contributed by atoms with van der Waals surface area (Å²) in [5, 5.41) is 5.87. The first-order chi connectivity index (χ1) is 15.0. The van der Waals surface area contributed by atoms with E-state index in [1.807, 2.05) is 92.7 Å². The highest BCUT2D eigenvalue weighted by atomic mass is 16.7. The van der Waals surface area contributed by atoms with Gasteiger partial charge in [0.15, 0.2) is 11.5 Å². The maximum absolute atomic E-state index is 12.8. The van der Waals surface area contributed by atoms with Crippen molar-refractivity contribution < 1.29 is 19.0 Å². The van der Waals surface area contributed by atoms with Gasteiger partial charge in [-0.05, 0) is 43.7 Å². The summed E-state index contributed by atoms with van der Waals surface area (Å²) >= 11 is 0. The van der Waals surface area contributed by atoms with Gasteiger partial charge in [-0.15, -0.1) is 0 Å². The number of urea groups is 1. The van der Waals surface area contributed by atoms with E-state index in [2.05, 4.69) is 10.6 Å². The van der Waals surface area contributed by atoms with Crippen LogP contribution < -0.4 is 15.4 Å². The molecule has 160 valence electrons. The highest BCUT2D eigenvalue weighted by Crippen LogP contribution is 2.33. The minimum atomic E-state index is -0.731. The highest BCUT2D eigenvalue weighted by Gasteiger charge is 2.38. The fourth-order valence-corrected chi connectivity index (χ4v) is 3.46. The fourth-order valence-electron chi connectivity index (χ4n) is 3.46. The van der Waals surface area contributed by atoms with Crippen LogP contribution in [0.25, 0.3) is 0 Å². The lowest BCUT2D eigenvalue weighted by molar-refractivity contribution is -0.284. The second kappa shape index (κ2) is 9.20. The van der Waals surface area contributed by atoms with Gasteiger partial charge in [0, 0.05) is 0 Å². The van der Waals surface area contributed by atoms with E-state index in [9.17, 15) is 4.79 Å². The molecule has 0 aliphatic carbocycles. The molecule has 0 aromatic heterocycles. The lowest BCUT2D eigenvalue weighted by Gasteiger charge is -2.41. The Bertz CT molecular complexity index is 1010. The summed E-state index contributed by atoms with van der Waals surface area (Å²) < 4.78 is 17.9. The van der Waals surface area contributed by atoms with Gasteiger partial charge >= 0.3 is 6.03 Å². The first-order valence-corrected chi connectivity index (χ1v) is 10.3. The van der Waals surface area contributed by atoms with Crippen LogP contribution in [0.4, 0.5) is 10.5 Å². The third kappa shape index (κ3) is 5.42. The number of benzene rings is 3. The van der Waals surface area contributed by atoms with Crippen molar-refractivity contribution in [3.05, 3.63) is 90.5 Å². The summed E-state index contributed by atoms with van der Waals surface area (Å²) in [5.74, 6) is 0.518. The van der Waals surface area contributed by atoms with E-state index in [-0.39, 0.29) is 18.2 Å². The fraction of sp³-hybridized carbons (Fsp3) is 0.240. The zero-order chi connectivity index (χ0) is 21.7. The van der Waals surface area contributed by atoms with Crippen LogP contribution in [0.3, 0.4) is 0 Å². The van der Waals surface area contributed by atoms with E-state index in [0.29, 0.717) is 23.8 Å². The molecule has 1 fully saturated rings. The van der Waals surface area contributed by atoms with Crippen LogP contribution in [-0.2, 0) is 9.47 Å². The van der Waals surface area contributed by atoms with Crippen LogP contribution in [-0.4, -0.2) is 24.5 Å². The van der Waals surface area contributed by atoms with Crippen molar-refractivity contribution >= 4 is 11.7 Å². The third-order valence-corrected chi connectivity index (χ3v) is 4.94. The van der Waals surface area contributed by atoms with Gasteiger partial charge in [0.05, 0.1) is 18.3 Å². The maximum atomic E-state index is 12.8. The molecule has 31 heavy (non-hydrogen) atoms. The molecule has 0 bridgehead atoms. The van der Waals surface area contributed by atoms with Crippen LogP contribution in [0.15, 0.2) is 84.9 Å². The molecule has 2 N–H and O–H groups in total. The van der Waals surface area contributed by atoms with Crippen LogP contribution in [0.5, 0.6) is 11.5 Å². The van der Waals surface area contributed by atoms with E-state index in [4.69, 9.17) is 14.2 Å². The lowest BCUT2D eigenvalue weighted by atomic mass is 10.0. The number of nitrogens with one attached hydrogen (secondary N) is 2. The molecule has 3 aromatic carbocycles. The number of hydrogen-bond donors (Lipinski definition) is 2. The molecule has 1 saturated heterocycles. The molecule has 6 heteroatoms. The summed E-state index contributed by atoms with van der Waals surface area (Å²) in [4.78, 5) is 12.8. The molecule has 1 aliphatic heterocycles. The number of carbonyl (C=O) groups is 1. The van der Waals surface area contributed by atoms with Crippen LogP contribution >= 0.6 is 0 Å². The smallest absolute Gasteiger partial charge is 0.319 e. The van der Waals surface area contributed by atoms with Crippen molar-refractivity contribution in [1.82, 2.24) is 5.32 Å². The van der Waals surface area contributed by atoms with E-state index >= 15 is 0 Å². The number of amides is 2. The third-order valence-electron chi connectivity index (χ3n) is 4.94. The van der Waals surface area contributed by atoms with E-state index in [0.717, 1.165) is 5.56 Å². The Hall–Kier alpha value is -3.35. The molecule has 2 atom stereocenters. The Morgan fingerprint density at radius 3 is 2.32 bits per heavy atom. The zero-order valence-electron chi connectivity index (χ0n) is 17.6. The van der Waals surface area contributed by atoms with Gasteiger partial charge in [-0.25, -0.2) is 4.79 Å². The molecular formula is C25H26N2O4. The number of para-hydroxylation sites is 3. The Morgan fingerprint density at radius 1 is 0.935 bits per heavy atom. The van der Waals surface area contributed by atoms with Gasteiger partial charge in [-0.1, -0.05) is 60.7 Å². The summed E-state index contributed by atoms with van der Waals surface area (Å²) in [7, 11) is 0. The first-order valence-electron chi connectivity index (χ1n) is 10.3. The molecule has 1 heterocycles. The molecule has 1 aliphatic rings. The molecule has 0 saturated carbocycles. The van der Waals surface area contributed by atoms with Crippen molar-refractivity contribution in [3.63, 3.8) is 0 Å². The number of carbonyl (C=O) groups excluding carboxylic acids is 1. The molecule has 0 spiro atoms. The van der Waals surface area contributed by atoms with Crippen LogP contribution in [0, 0.1) is 0 Å². The number of anilines is 1. The van der Waals surface area contributed by atoms with Crippen molar-refractivity contribution in [1.29, 1.82) is 0 Å². The van der Waals surface area contributed by atoms with E-state index in [1.54, 1.807) is 6.07 Å². The van der Waals surface area contributed by atoms with Crippen LogP contribution in [0.2, 0.25) is 0 Å². The van der Waals surface area contributed by atoms with Crippen molar-refractivity contribution in [3.8, 4) is 11.5 Å². The number of rotatable bonds is 5. The molecule has 6 nitrogen and oxygen atoms in total. The van der Waals surface area contributed by atoms with Gasteiger partial charge in [0.1, 0.15) is 11.9 Å². The normalized spacial score (nSPS) is 19.9. The summed E-state index contributed by atoms with van der Waals surface area (Å²) in [6.45, 7) is 4.08. The monoisotopic (exact) mass is 418 g/mol. The first kappa shape index (κ1) is 20.9. The molecular weight excluding hydrogens is 392 g/mol. The lowest BCUT2D eigenvalue weighted by Crippen LogP contribution is -2.52.